The minimum atomic E-state index is -1.31. The monoisotopic (exact) mass is 502 g/mol. The number of urea groups is 1. The maximum absolute atomic E-state index is 13.9. The van der Waals surface area contributed by atoms with E-state index in [0.29, 0.717) is 11.0 Å². The minimum absolute atomic E-state index is 0.0386. The highest BCUT2D eigenvalue weighted by Crippen LogP contribution is 2.31. The van der Waals surface area contributed by atoms with E-state index < -0.39 is 17.8 Å². The van der Waals surface area contributed by atoms with Gasteiger partial charge < -0.3 is 20.1 Å². The molecule has 0 aliphatic rings. The van der Waals surface area contributed by atoms with E-state index in [1.807, 2.05) is 32.8 Å². The molecular weight excluding hydrogens is 479 g/mol. The lowest BCUT2D eigenvalue weighted by Crippen LogP contribution is -2.41. The summed E-state index contributed by atoms with van der Waals surface area (Å²) in [5.41, 5.74) is -0.203. The Morgan fingerprint density at radius 3 is 2.67 bits per heavy atom. The second-order valence-corrected chi connectivity index (χ2v) is 9.42. The van der Waals surface area contributed by atoms with E-state index in [2.05, 4.69) is 30.9 Å². The van der Waals surface area contributed by atoms with Crippen molar-refractivity contribution in [2.45, 2.75) is 20.5 Å². The molecule has 8 nitrogen and oxygen atoms in total. The van der Waals surface area contributed by atoms with Crippen LogP contribution in [0.3, 0.4) is 0 Å². The summed E-state index contributed by atoms with van der Waals surface area (Å²) in [6.45, 7) is 4.97. The van der Waals surface area contributed by atoms with Crippen LogP contribution in [-0.4, -0.2) is 53.6 Å². The molecule has 164 valence electrons. The van der Waals surface area contributed by atoms with Gasteiger partial charge in [0.25, 0.3) is 0 Å². The van der Waals surface area contributed by atoms with Crippen LogP contribution in [0.2, 0.25) is 0 Å². The lowest BCUT2D eigenvalue weighted by molar-refractivity contribution is 0.0693. The van der Waals surface area contributed by atoms with E-state index >= 15 is 0 Å². The molecule has 0 radical (unpaired) electrons. The predicted octanol–water partition coefficient (Wildman–Crippen LogP) is 4.03. The number of aromatic carboxylic acids is 1. The van der Waals surface area contributed by atoms with Crippen LogP contribution in [-0.2, 0) is 6.61 Å². The van der Waals surface area contributed by atoms with Crippen LogP contribution >= 0.6 is 27.5 Å². The highest BCUT2D eigenvalue weighted by Gasteiger charge is 2.25. The normalized spacial score (nSPS) is 11.4. The van der Waals surface area contributed by atoms with Gasteiger partial charge >= 0.3 is 12.0 Å². The Kier molecular flexibility index (Phi) is 8.16. The van der Waals surface area contributed by atoms with Gasteiger partial charge in [0.05, 0.1) is 0 Å². The fourth-order valence-corrected chi connectivity index (χ4v) is 3.87. The van der Waals surface area contributed by atoms with Crippen molar-refractivity contribution in [1.29, 1.82) is 0 Å². The maximum atomic E-state index is 13.9. The summed E-state index contributed by atoms with van der Waals surface area (Å²) in [6.07, 6.45) is 0. The lowest BCUT2D eigenvalue weighted by Gasteiger charge is -2.28. The first-order valence-electron chi connectivity index (χ1n) is 8.98. The van der Waals surface area contributed by atoms with E-state index in [0.717, 1.165) is 18.1 Å². The van der Waals surface area contributed by atoms with Crippen LogP contribution < -0.4 is 15.4 Å². The Morgan fingerprint density at radius 2 is 2.07 bits per heavy atom. The van der Waals surface area contributed by atoms with Crippen molar-refractivity contribution in [3.8, 4) is 5.88 Å². The highest BCUT2D eigenvalue weighted by molar-refractivity contribution is 9.10. The van der Waals surface area contributed by atoms with Crippen LogP contribution in [0.5, 0.6) is 5.88 Å². The maximum Gasteiger partial charge on any atom is 0.344 e. The zero-order chi connectivity index (χ0) is 22.5. The number of amides is 2. The van der Waals surface area contributed by atoms with Crippen LogP contribution in [0.1, 0.15) is 29.8 Å². The average Bonchev–Trinajstić information content (AvgIpc) is 3.01. The van der Waals surface area contributed by atoms with Crippen LogP contribution in [0.15, 0.2) is 22.7 Å². The van der Waals surface area contributed by atoms with E-state index in [-0.39, 0.29) is 34.0 Å². The zero-order valence-corrected chi connectivity index (χ0v) is 19.5. The molecule has 0 aliphatic carbocycles. The van der Waals surface area contributed by atoms with Gasteiger partial charge in [-0.2, -0.15) is 4.37 Å². The number of carbonyl (C=O) groups excluding carboxylic acids is 1. The molecule has 1 heterocycles. The van der Waals surface area contributed by atoms with Crippen LogP contribution in [0.4, 0.5) is 14.2 Å². The Hall–Kier alpha value is -2.24. The Labute approximate surface area is 186 Å². The van der Waals surface area contributed by atoms with Crippen molar-refractivity contribution in [3.05, 3.63) is 39.6 Å². The average molecular weight is 503 g/mol. The molecule has 0 saturated heterocycles. The van der Waals surface area contributed by atoms with Gasteiger partial charge in [0.2, 0.25) is 5.88 Å². The molecule has 3 N–H and O–H groups in total. The largest absolute Gasteiger partial charge is 0.477 e. The Balaban J connectivity index is 2.04. The van der Waals surface area contributed by atoms with E-state index in [1.54, 1.807) is 6.07 Å². The quantitative estimate of drug-likeness (QED) is 0.478. The lowest BCUT2D eigenvalue weighted by atomic mass is 9.93. The number of anilines is 1. The number of hydrogen-bond acceptors (Lipinski definition) is 6. The third-order valence-electron chi connectivity index (χ3n) is 3.95. The van der Waals surface area contributed by atoms with E-state index in [4.69, 9.17) is 4.74 Å². The molecule has 0 unspecified atom stereocenters. The number of aromatic nitrogens is 1. The van der Waals surface area contributed by atoms with Gasteiger partial charge in [0.15, 0.2) is 5.56 Å². The third-order valence-corrected chi connectivity index (χ3v) is 5.19. The number of nitrogens with one attached hydrogen (secondary N) is 2. The van der Waals surface area contributed by atoms with Crippen molar-refractivity contribution >= 4 is 44.5 Å². The third kappa shape index (κ3) is 6.92. The summed E-state index contributed by atoms with van der Waals surface area (Å²) in [5.74, 6) is -1.98. The Bertz CT molecular complexity index is 920. The standard InChI is InChI=1S/C19H24BrFN4O4S/c1-19(2,10-25(3)4)9-22-18(28)23-16-14(17(26)27)15(24-30-16)29-8-11-5-6-12(20)7-13(11)21/h5-7H,8-10H2,1-4H3,(H,26,27)(H2,22,23,28). The molecule has 0 spiro atoms. The molecule has 0 bridgehead atoms. The van der Waals surface area contributed by atoms with Crippen molar-refractivity contribution < 1.29 is 23.8 Å². The first-order valence-corrected chi connectivity index (χ1v) is 10.5. The molecule has 2 rings (SSSR count). The van der Waals surface area contributed by atoms with Crippen molar-refractivity contribution in [2.75, 3.05) is 32.5 Å². The number of hydrogen-bond donors (Lipinski definition) is 3. The number of benzene rings is 1. The van der Waals surface area contributed by atoms with Crippen LogP contribution in [0, 0.1) is 11.2 Å². The topological polar surface area (TPSA) is 104 Å². The second-order valence-electron chi connectivity index (χ2n) is 7.73. The zero-order valence-electron chi connectivity index (χ0n) is 17.1. The number of carboxylic acids is 1. The van der Waals surface area contributed by atoms with Gasteiger partial charge in [-0.05, 0) is 43.2 Å². The Morgan fingerprint density at radius 1 is 1.37 bits per heavy atom. The van der Waals surface area contributed by atoms with Crippen molar-refractivity contribution in [2.24, 2.45) is 5.41 Å². The summed E-state index contributed by atoms with van der Waals surface area (Å²) in [7, 11) is 3.89. The fourth-order valence-electron chi connectivity index (χ4n) is 2.81. The first kappa shape index (κ1) is 24.0. The number of carbonyl (C=O) groups is 2. The van der Waals surface area contributed by atoms with E-state index in [9.17, 15) is 19.1 Å². The number of rotatable bonds is 9. The number of nitrogens with zero attached hydrogens (tertiary/aromatic N) is 2. The van der Waals surface area contributed by atoms with Gasteiger partial charge in [-0.15, -0.1) is 0 Å². The molecule has 1 aromatic heterocycles. The molecule has 1 aromatic carbocycles. The van der Waals surface area contributed by atoms with Gasteiger partial charge in [0.1, 0.15) is 17.4 Å². The van der Waals surface area contributed by atoms with Crippen molar-refractivity contribution in [3.63, 3.8) is 0 Å². The summed E-state index contributed by atoms with van der Waals surface area (Å²) in [5, 5.41) is 14.8. The molecule has 2 amide bonds. The molecule has 0 aliphatic heterocycles. The summed E-state index contributed by atoms with van der Waals surface area (Å²) in [4.78, 5) is 25.9. The molecule has 0 atom stereocenters. The molecule has 30 heavy (non-hydrogen) atoms. The SMILES string of the molecule is CN(C)CC(C)(C)CNC(=O)Nc1snc(OCc2ccc(Br)cc2F)c1C(=O)O. The number of halogens is 2. The van der Waals surface area contributed by atoms with Gasteiger partial charge in [-0.25, -0.2) is 14.0 Å². The second kappa shape index (κ2) is 10.2. The summed E-state index contributed by atoms with van der Waals surface area (Å²) in [6, 6.07) is 3.91. The van der Waals surface area contributed by atoms with Gasteiger partial charge in [-0.1, -0.05) is 35.8 Å². The molecular formula is C19H24BrFN4O4S. The highest BCUT2D eigenvalue weighted by atomic mass is 79.9. The fraction of sp³-hybridized carbons (Fsp3) is 0.421. The van der Waals surface area contributed by atoms with Gasteiger partial charge in [-0.3, -0.25) is 5.32 Å². The predicted molar refractivity (Wildman–Crippen MR) is 117 cm³/mol. The molecule has 11 heteroatoms. The van der Waals surface area contributed by atoms with Gasteiger partial charge in [0, 0.05) is 23.1 Å². The van der Waals surface area contributed by atoms with Crippen LogP contribution in [0.25, 0.3) is 0 Å². The summed E-state index contributed by atoms with van der Waals surface area (Å²) < 4.78 is 23.9. The minimum Gasteiger partial charge on any atom is -0.477 e. The molecule has 0 fully saturated rings. The number of ether oxygens (including phenoxy) is 1. The van der Waals surface area contributed by atoms with Crippen molar-refractivity contribution in [1.82, 2.24) is 14.6 Å². The smallest absolute Gasteiger partial charge is 0.344 e. The molecule has 2 aromatic rings. The number of carboxylic acid groups (broad SMARTS) is 1. The summed E-state index contributed by atoms with van der Waals surface area (Å²) >= 11 is 3.95. The van der Waals surface area contributed by atoms with E-state index in [1.165, 1.54) is 12.1 Å². The molecule has 0 saturated carbocycles. The first-order chi connectivity index (χ1) is 14.0.